The van der Waals surface area contributed by atoms with Gasteiger partial charge in [-0.15, -0.1) is 0 Å². The molecule has 0 saturated carbocycles. The number of aliphatic carboxylic acids is 1. The quantitative estimate of drug-likeness (QED) is 0.531. The number of carboxylic acids is 1. The number of carboxylic acid groups (broad SMARTS) is 1. The zero-order valence-corrected chi connectivity index (χ0v) is 17.4. The summed E-state index contributed by atoms with van der Waals surface area (Å²) in [6.07, 6.45) is -0.268. The number of halogens is 2. The highest BCUT2D eigenvalue weighted by Crippen LogP contribution is 2.31. The number of phenolic OH excluding ortho intramolecular Hbond substituents is 1. The first-order valence-corrected chi connectivity index (χ1v) is 9.75. The number of hydrogen-bond acceptors (Lipinski definition) is 4. The predicted octanol–water partition coefficient (Wildman–Crippen LogP) is 3.78. The van der Waals surface area contributed by atoms with Gasteiger partial charge < -0.3 is 15.5 Å². The van der Waals surface area contributed by atoms with Gasteiger partial charge in [-0.2, -0.15) is 0 Å². The molecule has 0 aliphatic heterocycles. The van der Waals surface area contributed by atoms with Crippen LogP contribution in [-0.2, 0) is 16.0 Å². The minimum atomic E-state index is -1.01. The molecule has 1 heterocycles. The number of aromatic hydroxyl groups is 1. The molecule has 0 bridgehead atoms. The molecule has 3 rings (SSSR count). The molecule has 0 radical (unpaired) electrons. The Labute approximate surface area is 181 Å². The molecule has 3 N–H and O–H groups in total. The van der Waals surface area contributed by atoms with Crippen LogP contribution < -0.4 is 5.32 Å². The average Bonchev–Trinajstić information content (AvgIpc) is 2.94. The van der Waals surface area contributed by atoms with E-state index in [0.29, 0.717) is 32.7 Å². The van der Waals surface area contributed by atoms with Crippen LogP contribution in [0.15, 0.2) is 36.4 Å². The molecule has 0 aliphatic rings. The molecular formula is C21H18Cl2N2O5. The normalized spacial score (nSPS) is 10.9. The van der Waals surface area contributed by atoms with E-state index in [4.69, 9.17) is 28.3 Å². The molecule has 156 valence electrons. The van der Waals surface area contributed by atoms with Crippen molar-refractivity contribution >= 4 is 51.9 Å². The van der Waals surface area contributed by atoms with Crippen LogP contribution in [0, 0.1) is 6.92 Å². The number of nitrogens with one attached hydrogen (secondary N) is 1. The summed E-state index contributed by atoms with van der Waals surface area (Å²) in [6.45, 7) is 1.70. The van der Waals surface area contributed by atoms with Gasteiger partial charge in [0.05, 0.1) is 28.4 Å². The summed E-state index contributed by atoms with van der Waals surface area (Å²) in [5.41, 5.74) is 1.92. The monoisotopic (exact) mass is 448 g/mol. The zero-order chi connectivity index (χ0) is 22.0. The smallest absolute Gasteiger partial charge is 0.305 e. The highest BCUT2D eigenvalue weighted by Gasteiger charge is 2.22. The SMILES string of the molecule is Cc1c(CC(=O)NCCC(=O)O)c2cc(O)ccc2n1C(=O)c1ccc(Cl)c(Cl)c1. The lowest BCUT2D eigenvalue weighted by molar-refractivity contribution is -0.136. The number of phenols is 1. The molecule has 3 aromatic rings. The van der Waals surface area contributed by atoms with Crippen molar-refractivity contribution in [3.8, 4) is 5.75 Å². The molecule has 7 nitrogen and oxygen atoms in total. The molecule has 0 unspecified atom stereocenters. The van der Waals surface area contributed by atoms with E-state index in [2.05, 4.69) is 5.32 Å². The van der Waals surface area contributed by atoms with Gasteiger partial charge in [-0.05, 0) is 48.9 Å². The van der Waals surface area contributed by atoms with E-state index in [-0.39, 0.29) is 42.0 Å². The summed E-state index contributed by atoms with van der Waals surface area (Å²) in [4.78, 5) is 36.1. The Morgan fingerprint density at radius 2 is 1.80 bits per heavy atom. The third-order valence-corrected chi connectivity index (χ3v) is 5.43. The molecule has 0 spiro atoms. The van der Waals surface area contributed by atoms with Crippen molar-refractivity contribution in [1.29, 1.82) is 0 Å². The highest BCUT2D eigenvalue weighted by atomic mass is 35.5. The molecule has 1 amide bonds. The molecule has 30 heavy (non-hydrogen) atoms. The van der Waals surface area contributed by atoms with Gasteiger partial charge in [-0.25, -0.2) is 0 Å². The molecule has 9 heteroatoms. The Morgan fingerprint density at radius 1 is 1.07 bits per heavy atom. The summed E-state index contributed by atoms with van der Waals surface area (Å²) in [6, 6.07) is 9.09. The number of aromatic nitrogens is 1. The number of benzene rings is 2. The number of carbonyl (C=O) groups is 3. The van der Waals surface area contributed by atoms with Gasteiger partial charge in [0.25, 0.3) is 5.91 Å². The van der Waals surface area contributed by atoms with E-state index >= 15 is 0 Å². The maximum Gasteiger partial charge on any atom is 0.305 e. The maximum absolute atomic E-state index is 13.2. The van der Waals surface area contributed by atoms with Crippen molar-refractivity contribution in [2.75, 3.05) is 6.54 Å². The first-order valence-electron chi connectivity index (χ1n) is 9.00. The number of nitrogens with zero attached hydrogens (tertiary/aromatic N) is 1. The lowest BCUT2D eigenvalue weighted by Gasteiger charge is -2.09. The van der Waals surface area contributed by atoms with E-state index in [1.807, 2.05) is 0 Å². The van der Waals surface area contributed by atoms with E-state index in [1.165, 1.54) is 28.8 Å². The summed E-state index contributed by atoms with van der Waals surface area (Å²) < 4.78 is 1.45. The van der Waals surface area contributed by atoms with Gasteiger partial charge in [-0.3, -0.25) is 19.0 Å². The molecule has 0 saturated heterocycles. The van der Waals surface area contributed by atoms with Gasteiger partial charge in [0.15, 0.2) is 0 Å². The average molecular weight is 449 g/mol. The van der Waals surface area contributed by atoms with E-state index < -0.39 is 5.97 Å². The van der Waals surface area contributed by atoms with Crippen LogP contribution in [-0.4, -0.2) is 39.1 Å². The van der Waals surface area contributed by atoms with Crippen molar-refractivity contribution in [3.63, 3.8) is 0 Å². The standard InChI is InChI=1S/C21H18Cl2N2O5/c1-11-14(10-19(27)24-7-6-20(28)29)15-9-13(26)3-5-18(15)25(11)21(30)12-2-4-16(22)17(23)8-12/h2-5,8-9,26H,6-7,10H2,1H3,(H,24,27)(H,28,29). The molecule has 0 atom stereocenters. The number of hydrogen-bond donors (Lipinski definition) is 3. The number of amides is 1. The van der Waals surface area contributed by atoms with Crippen LogP contribution in [0.5, 0.6) is 5.75 Å². The van der Waals surface area contributed by atoms with Crippen LogP contribution in [0.25, 0.3) is 10.9 Å². The summed E-state index contributed by atoms with van der Waals surface area (Å²) in [7, 11) is 0. The van der Waals surface area contributed by atoms with E-state index in [0.717, 1.165) is 0 Å². The van der Waals surface area contributed by atoms with Crippen molar-refractivity contribution in [2.24, 2.45) is 0 Å². The second-order valence-electron chi connectivity index (χ2n) is 6.71. The molecular weight excluding hydrogens is 431 g/mol. The highest BCUT2D eigenvalue weighted by molar-refractivity contribution is 6.42. The van der Waals surface area contributed by atoms with Crippen molar-refractivity contribution in [1.82, 2.24) is 9.88 Å². The second-order valence-corrected chi connectivity index (χ2v) is 7.52. The fourth-order valence-corrected chi connectivity index (χ4v) is 3.54. The lowest BCUT2D eigenvalue weighted by atomic mass is 10.1. The van der Waals surface area contributed by atoms with Gasteiger partial charge in [0, 0.05) is 23.2 Å². The van der Waals surface area contributed by atoms with Crippen LogP contribution >= 0.6 is 23.2 Å². The predicted molar refractivity (Wildman–Crippen MR) is 113 cm³/mol. The van der Waals surface area contributed by atoms with Crippen molar-refractivity contribution in [2.45, 2.75) is 19.8 Å². The molecule has 2 aromatic carbocycles. The zero-order valence-electron chi connectivity index (χ0n) is 15.9. The number of rotatable bonds is 6. The van der Waals surface area contributed by atoms with E-state index in [9.17, 15) is 19.5 Å². The Hall–Kier alpha value is -3.03. The molecule has 0 aliphatic carbocycles. The van der Waals surface area contributed by atoms with Gasteiger partial charge in [0.1, 0.15) is 5.75 Å². The Bertz CT molecular complexity index is 1170. The van der Waals surface area contributed by atoms with Crippen LogP contribution in [0.1, 0.15) is 28.0 Å². The first-order chi connectivity index (χ1) is 14.2. The Morgan fingerprint density at radius 3 is 2.47 bits per heavy atom. The third-order valence-electron chi connectivity index (χ3n) is 4.69. The fourth-order valence-electron chi connectivity index (χ4n) is 3.25. The third kappa shape index (κ3) is 4.42. The molecule has 1 aromatic heterocycles. The lowest BCUT2D eigenvalue weighted by Crippen LogP contribution is -2.27. The number of carbonyl (C=O) groups excluding carboxylic acids is 2. The van der Waals surface area contributed by atoms with Gasteiger partial charge in [-0.1, -0.05) is 23.2 Å². The van der Waals surface area contributed by atoms with Crippen molar-refractivity contribution in [3.05, 3.63) is 63.3 Å². The van der Waals surface area contributed by atoms with Crippen molar-refractivity contribution < 1.29 is 24.6 Å². The second kappa shape index (κ2) is 8.77. The Balaban J connectivity index is 2.02. The first kappa shape index (κ1) is 21.7. The summed E-state index contributed by atoms with van der Waals surface area (Å²) in [5.74, 6) is -1.77. The maximum atomic E-state index is 13.2. The van der Waals surface area contributed by atoms with E-state index in [1.54, 1.807) is 19.1 Å². The fraction of sp³-hybridized carbons (Fsp3) is 0.190. The van der Waals surface area contributed by atoms with Crippen LogP contribution in [0.4, 0.5) is 0 Å². The Kier molecular flexibility index (Phi) is 6.34. The van der Waals surface area contributed by atoms with Gasteiger partial charge >= 0.3 is 5.97 Å². The summed E-state index contributed by atoms with van der Waals surface area (Å²) >= 11 is 12.0. The summed E-state index contributed by atoms with van der Waals surface area (Å²) in [5, 5.41) is 22.3. The van der Waals surface area contributed by atoms with Gasteiger partial charge in [0.2, 0.25) is 5.91 Å². The number of fused-ring (bicyclic) bond motifs is 1. The minimum absolute atomic E-state index is 0.000685. The molecule has 0 fully saturated rings. The minimum Gasteiger partial charge on any atom is -0.508 e. The topological polar surface area (TPSA) is 109 Å². The van der Waals surface area contributed by atoms with Crippen LogP contribution in [0.3, 0.4) is 0 Å². The largest absolute Gasteiger partial charge is 0.508 e. The van der Waals surface area contributed by atoms with Crippen LogP contribution in [0.2, 0.25) is 10.0 Å².